The van der Waals surface area contributed by atoms with Gasteiger partial charge in [-0.1, -0.05) is 6.92 Å². The number of carbonyl (C=O) groups excluding carboxylic acids is 3. The Morgan fingerprint density at radius 1 is 1.11 bits per heavy atom. The summed E-state index contributed by atoms with van der Waals surface area (Å²) in [7, 11) is 0. The summed E-state index contributed by atoms with van der Waals surface area (Å²) in [6.07, 6.45) is 8.70. The molecule has 1 heterocycles. The van der Waals surface area contributed by atoms with E-state index in [-0.39, 0.29) is 54.0 Å². The summed E-state index contributed by atoms with van der Waals surface area (Å²) in [6.45, 7) is 2.48. The van der Waals surface area contributed by atoms with Gasteiger partial charge in [-0.2, -0.15) is 0 Å². The lowest BCUT2D eigenvalue weighted by Gasteiger charge is -2.63. The molecule has 1 aliphatic heterocycles. The number of fused-ring (bicyclic) bond motifs is 5. The van der Waals surface area contributed by atoms with Crippen molar-refractivity contribution in [2.75, 3.05) is 6.61 Å². The van der Waals surface area contributed by atoms with Gasteiger partial charge >= 0.3 is 17.9 Å². The molecule has 0 aromatic heterocycles. The van der Waals surface area contributed by atoms with Gasteiger partial charge in [-0.25, -0.2) is 4.79 Å². The number of ether oxygens (including phenoxy) is 2. The third kappa shape index (κ3) is 3.74. The van der Waals surface area contributed by atoms with Crippen LogP contribution in [0.4, 0.5) is 0 Å². The Balaban J connectivity index is 1.33. The topological polar surface area (TPSA) is 127 Å². The predicted molar refractivity (Wildman–Crippen MR) is 123 cm³/mol. The molecular formula is C27H36O8. The van der Waals surface area contributed by atoms with Crippen molar-refractivity contribution in [2.24, 2.45) is 34.5 Å². The van der Waals surface area contributed by atoms with E-state index in [1.54, 1.807) is 6.08 Å². The fourth-order valence-electron chi connectivity index (χ4n) is 8.86. The van der Waals surface area contributed by atoms with Crippen LogP contribution in [0.2, 0.25) is 0 Å². The number of aldehydes is 1. The first-order valence-corrected chi connectivity index (χ1v) is 13.1. The molecule has 4 saturated carbocycles. The smallest absolute Gasteiger partial charge is 0.331 e. The molecule has 0 aromatic rings. The zero-order valence-electron chi connectivity index (χ0n) is 20.4. The Morgan fingerprint density at radius 2 is 1.91 bits per heavy atom. The highest BCUT2D eigenvalue weighted by Gasteiger charge is 2.68. The van der Waals surface area contributed by atoms with Gasteiger partial charge in [0.2, 0.25) is 0 Å². The monoisotopic (exact) mass is 488 g/mol. The van der Waals surface area contributed by atoms with Crippen molar-refractivity contribution in [3.8, 4) is 0 Å². The van der Waals surface area contributed by atoms with Gasteiger partial charge in [-0.15, -0.1) is 0 Å². The molecule has 0 bridgehead atoms. The molecule has 0 radical (unpaired) electrons. The van der Waals surface area contributed by atoms with E-state index in [1.807, 2.05) is 0 Å². The number of carbonyl (C=O) groups is 4. The normalized spacial score (nSPS) is 44.3. The zero-order chi connectivity index (χ0) is 25.0. The number of carboxylic acid groups (broad SMARTS) is 1. The highest BCUT2D eigenvalue weighted by molar-refractivity contribution is 5.85. The lowest BCUT2D eigenvalue weighted by atomic mass is 9.43. The maximum atomic E-state index is 12.7. The second-order valence-corrected chi connectivity index (χ2v) is 11.8. The van der Waals surface area contributed by atoms with Crippen LogP contribution in [0.15, 0.2) is 11.6 Å². The highest BCUT2D eigenvalue weighted by atomic mass is 16.5. The van der Waals surface area contributed by atoms with E-state index in [0.29, 0.717) is 32.3 Å². The Kier molecular flexibility index (Phi) is 6.09. The molecule has 8 nitrogen and oxygen atoms in total. The maximum absolute atomic E-state index is 12.7. The maximum Gasteiger partial charge on any atom is 0.331 e. The molecule has 5 aliphatic rings. The predicted octanol–water partition coefficient (Wildman–Crippen LogP) is 3.20. The number of cyclic esters (lactones) is 1. The first kappa shape index (κ1) is 24.5. The molecule has 0 spiro atoms. The minimum absolute atomic E-state index is 0.0287. The molecule has 2 N–H and O–H groups in total. The summed E-state index contributed by atoms with van der Waals surface area (Å²) in [4.78, 5) is 47.3. The van der Waals surface area contributed by atoms with Gasteiger partial charge in [-0.05, 0) is 87.0 Å². The fraction of sp³-hybridized carbons (Fsp3) is 0.778. The fourth-order valence-corrected chi connectivity index (χ4v) is 8.86. The first-order valence-electron chi connectivity index (χ1n) is 13.1. The van der Waals surface area contributed by atoms with E-state index >= 15 is 0 Å². The molecular weight excluding hydrogens is 452 g/mol. The van der Waals surface area contributed by atoms with Crippen LogP contribution in [0.5, 0.6) is 0 Å². The average molecular weight is 489 g/mol. The Morgan fingerprint density at radius 3 is 2.60 bits per heavy atom. The zero-order valence-corrected chi connectivity index (χ0v) is 20.4. The summed E-state index contributed by atoms with van der Waals surface area (Å²) in [5, 5.41) is 21.1. The van der Waals surface area contributed by atoms with Gasteiger partial charge in [0.05, 0.1) is 18.4 Å². The van der Waals surface area contributed by atoms with Crippen LogP contribution in [0, 0.1) is 34.5 Å². The van der Waals surface area contributed by atoms with Gasteiger partial charge in [0.15, 0.2) is 0 Å². The molecule has 0 saturated heterocycles. The number of carboxylic acids is 1. The molecule has 0 amide bonds. The minimum atomic E-state index is -1.02. The van der Waals surface area contributed by atoms with E-state index in [0.717, 1.165) is 44.0 Å². The van der Waals surface area contributed by atoms with Crippen LogP contribution in [0.1, 0.15) is 77.6 Å². The Labute approximate surface area is 205 Å². The average Bonchev–Trinajstić information content (AvgIpc) is 3.37. The van der Waals surface area contributed by atoms with Crippen molar-refractivity contribution in [2.45, 2.75) is 89.3 Å². The van der Waals surface area contributed by atoms with Crippen LogP contribution in [0.3, 0.4) is 0 Å². The molecule has 5 rings (SSSR count). The van der Waals surface area contributed by atoms with E-state index in [9.17, 15) is 24.3 Å². The van der Waals surface area contributed by atoms with Crippen LogP contribution in [-0.2, 0) is 28.7 Å². The summed E-state index contributed by atoms with van der Waals surface area (Å²) < 4.78 is 10.8. The number of aliphatic hydroxyl groups is 1. The van der Waals surface area contributed by atoms with Crippen molar-refractivity contribution < 1.29 is 38.9 Å². The Bertz CT molecular complexity index is 957. The van der Waals surface area contributed by atoms with Crippen LogP contribution in [-0.4, -0.2) is 52.7 Å². The van der Waals surface area contributed by atoms with Gasteiger partial charge in [0.1, 0.15) is 19.0 Å². The van der Waals surface area contributed by atoms with Gasteiger partial charge in [-0.3, -0.25) is 9.59 Å². The largest absolute Gasteiger partial charge is 0.481 e. The van der Waals surface area contributed by atoms with Gasteiger partial charge in [0, 0.05) is 16.9 Å². The lowest BCUT2D eigenvalue weighted by molar-refractivity contribution is -0.208. The van der Waals surface area contributed by atoms with Crippen molar-refractivity contribution in [1.29, 1.82) is 0 Å². The molecule has 8 heteroatoms. The number of rotatable bonds is 6. The van der Waals surface area contributed by atoms with Gasteiger partial charge in [0.25, 0.3) is 0 Å². The summed E-state index contributed by atoms with van der Waals surface area (Å²) in [5.74, 6) is -1.48. The molecule has 0 unspecified atom stereocenters. The Hall–Kier alpha value is -2.22. The first-order chi connectivity index (χ1) is 16.6. The molecule has 8 atom stereocenters. The van der Waals surface area contributed by atoms with Crippen molar-refractivity contribution >= 4 is 24.2 Å². The number of aliphatic carboxylic acids is 1. The highest BCUT2D eigenvalue weighted by Crippen LogP contribution is 2.69. The number of esters is 2. The van der Waals surface area contributed by atoms with E-state index in [4.69, 9.17) is 14.6 Å². The third-order valence-corrected chi connectivity index (χ3v) is 10.6. The molecule has 4 aliphatic carbocycles. The minimum Gasteiger partial charge on any atom is -0.481 e. The van der Waals surface area contributed by atoms with Crippen LogP contribution >= 0.6 is 0 Å². The second-order valence-electron chi connectivity index (χ2n) is 11.8. The summed E-state index contributed by atoms with van der Waals surface area (Å²) in [6, 6.07) is 0. The SMILES string of the molecule is C[C@]12CC[C@H]3[C@@H](CC[C@H]4C[C@@H](OC(=O)CCC(=O)O)CC[C@@]43C=O)[C@]1(O)CC[C@@H]2C1=CC(=O)OC1. The molecule has 0 aromatic carbocycles. The van der Waals surface area contributed by atoms with Crippen LogP contribution < -0.4 is 0 Å². The molecule has 192 valence electrons. The molecule has 4 fully saturated rings. The number of hydrogen-bond acceptors (Lipinski definition) is 7. The van der Waals surface area contributed by atoms with E-state index < -0.39 is 23.0 Å². The third-order valence-electron chi connectivity index (χ3n) is 10.6. The summed E-state index contributed by atoms with van der Waals surface area (Å²) in [5.41, 5.74) is -0.750. The summed E-state index contributed by atoms with van der Waals surface area (Å²) >= 11 is 0. The van der Waals surface area contributed by atoms with E-state index in [2.05, 4.69) is 6.92 Å². The second kappa shape index (κ2) is 8.71. The number of hydrogen-bond donors (Lipinski definition) is 2. The standard InChI is InChI=1S/C27H36O8/c1-25-9-7-20-21(27(25,33)11-8-19(25)16-12-24(32)34-14-16)3-2-17-13-18(6-10-26(17,20)15-28)35-23(31)5-4-22(29)30/h12,15,17-21,33H,2-11,13-14H2,1H3,(H,29,30)/t17-,18-,19+,20-,21+,25+,26+,27+/m0/s1. The van der Waals surface area contributed by atoms with Crippen molar-refractivity contribution in [1.82, 2.24) is 0 Å². The molecule has 35 heavy (non-hydrogen) atoms. The quantitative estimate of drug-likeness (QED) is 0.431. The van der Waals surface area contributed by atoms with Crippen LogP contribution in [0.25, 0.3) is 0 Å². The van der Waals surface area contributed by atoms with Crippen molar-refractivity contribution in [3.05, 3.63) is 11.6 Å². The van der Waals surface area contributed by atoms with Crippen molar-refractivity contribution in [3.63, 3.8) is 0 Å². The van der Waals surface area contributed by atoms with Gasteiger partial charge < -0.3 is 24.5 Å². The van der Waals surface area contributed by atoms with E-state index in [1.165, 1.54) is 0 Å². The lowest BCUT2D eigenvalue weighted by Crippen LogP contribution is -2.63.